The number of rotatable bonds is 3. The summed E-state index contributed by atoms with van der Waals surface area (Å²) < 4.78 is 14.6. The minimum atomic E-state index is -0.370. The highest BCUT2D eigenvalue weighted by atomic mass is 19.1. The van der Waals surface area contributed by atoms with Gasteiger partial charge in [-0.3, -0.25) is 0 Å². The molecule has 0 saturated heterocycles. The number of aldehydes is 1. The highest BCUT2D eigenvalue weighted by molar-refractivity contribution is 5.67. The molecule has 0 N–H and O–H groups in total. The summed E-state index contributed by atoms with van der Waals surface area (Å²) in [6, 6.07) is 6.17. The zero-order valence-corrected chi connectivity index (χ0v) is 9.14. The molecule has 1 saturated carbocycles. The number of halogens is 1. The molecule has 1 aromatic carbocycles. The van der Waals surface area contributed by atoms with Crippen LogP contribution in [0.2, 0.25) is 0 Å². The third-order valence-electron chi connectivity index (χ3n) is 3.22. The Hall–Kier alpha value is -1.97. The predicted octanol–water partition coefficient (Wildman–Crippen LogP) is 2.38. The molecule has 1 aromatic heterocycles. The number of carbonyl (C=O) groups is 1. The second-order valence-corrected chi connectivity index (χ2v) is 4.39. The molecule has 3 rings (SSSR count). The fourth-order valence-corrected chi connectivity index (χ4v) is 1.90. The van der Waals surface area contributed by atoms with E-state index in [0.717, 1.165) is 30.4 Å². The zero-order chi connectivity index (χ0) is 11.9. The van der Waals surface area contributed by atoms with Crippen molar-refractivity contribution in [2.24, 2.45) is 0 Å². The summed E-state index contributed by atoms with van der Waals surface area (Å²) in [7, 11) is 0. The Labute approximate surface area is 97.9 Å². The fraction of sp³-hybridized carbons (Fsp3) is 0.231. The maximum Gasteiger partial charge on any atom is 0.145 e. The van der Waals surface area contributed by atoms with Crippen molar-refractivity contribution in [2.45, 2.75) is 18.4 Å². The van der Waals surface area contributed by atoms with Crippen molar-refractivity contribution in [3.05, 3.63) is 42.6 Å². The van der Waals surface area contributed by atoms with Crippen LogP contribution in [0.1, 0.15) is 12.8 Å². The molecular weight excluding hydrogens is 219 g/mol. The first-order valence-corrected chi connectivity index (χ1v) is 5.50. The second-order valence-electron chi connectivity index (χ2n) is 4.39. The predicted molar refractivity (Wildman–Crippen MR) is 60.9 cm³/mol. The average molecular weight is 230 g/mol. The number of imidazole rings is 1. The van der Waals surface area contributed by atoms with Gasteiger partial charge in [0.15, 0.2) is 0 Å². The molecule has 0 atom stereocenters. The molecule has 0 bridgehead atoms. The van der Waals surface area contributed by atoms with Crippen molar-refractivity contribution >= 4 is 6.29 Å². The monoisotopic (exact) mass is 230 g/mol. The Morgan fingerprint density at radius 1 is 1.29 bits per heavy atom. The topological polar surface area (TPSA) is 34.9 Å². The van der Waals surface area contributed by atoms with E-state index in [1.54, 1.807) is 18.5 Å². The van der Waals surface area contributed by atoms with Crippen molar-refractivity contribution in [1.82, 2.24) is 9.55 Å². The van der Waals surface area contributed by atoms with Gasteiger partial charge in [-0.25, -0.2) is 9.37 Å². The zero-order valence-electron chi connectivity index (χ0n) is 9.14. The number of hydrogen-bond donors (Lipinski definition) is 0. The summed E-state index contributed by atoms with van der Waals surface area (Å²) in [4.78, 5) is 15.2. The first kappa shape index (κ1) is 10.2. The maximum absolute atomic E-state index is 12.8. The molecule has 2 aromatic rings. The lowest BCUT2D eigenvalue weighted by molar-refractivity contribution is -0.111. The summed E-state index contributed by atoms with van der Waals surface area (Å²) in [6.45, 7) is 0. The van der Waals surface area contributed by atoms with Gasteiger partial charge in [-0.15, -0.1) is 0 Å². The summed E-state index contributed by atoms with van der Waals surface area (Å²) in [5, 5.41) is 0. The van der Waals surface area contributed by atoms with Crippen molar-refractivity contribution < 1.29 is 9.18 Å². The van der Waals surface area contributed by atoms with Gasteiger partial charge >= 0.3 is 0 Å². The Morgan fingerprint density at radius 2 is 2.00 bits per heavy atom. The average Bonchev–Trinajstić information content (AvgIpc) is 3.00. The van der Waals surface area contributed by atoms with E-state index in [1.807, 2.05) is 10.8 Å². The summed E-state index contributed by atoms with van der Waals surface area (Å²) in [6.07, 6.45) is 6.23. The smallest absolute Gasteiger partial charge is 0.145 e. The van der Waals surface area contributed by atoms with Crippen LogP contribution in [0.15, 0.2) is 36.8 Å². The van der Waals surface area contributed by atoms with Crippen molar-refractivity contribution in [1.29, 1.82) is 0 Å². The molecule has 3 nitrogen and oxygen atoms in total. The van der Waals surface area contributed by atoms with Crippen LogP contribution in [-0.2, 0) is 10.3 Å². The van der Waals surface area contributed by atoms with E-state index in [2.05, 4.69) is 4.98 Å². The molecule has 0 spiro atoms. The van der Waals surface area contributed by atoms with E-state index >= 15 is 0 Å². The van der Waals surface area contributed by atoms with Crippen LogP contribution in [0.5, 0.6) is 0 Å². The molecule has 0 aliphatic heterocycles. The molecular formula is C13H11FN2O. The lowest BCUT2D eigenvalue weighted by atomic mass is 10.2. The number of nitrogens with zero attached hydrogens (tertiary/aromatic N) is 2. The third kappa shape index (κ3) is 1.65. The van der Waals surface area contributed by atoms with Gasteiger partial charge in [-0.2, -0.15) is 0 Å². The fourth-order valence-electron chi connectivity index (χ4n) is 1.90. The molecule has 0 amide bonds. The molecule has 1 heterocycles. The van der Waals surface area contributed by atoms with Gasteiger partial charge in [0.1, 0.15) is 17.6 Å². The Morgan fingerprint density at radius 3 is 2.59 bits per heavy atom. The highest BCUT2D eigenvalue weighted by Gasteiger charge is 2.44. The first-order chi connectivity index (χ1) is 8.23. The van der Waals surface area contributed by atoms with Crippen LogP contribution in [0.4, 0.5) is 4.39 Å². The molecule has 86 valence electrons. The Kier molecular flexibility index (Phi) is 2.11. The largest absolute Gasteiger partial charge is 0.324 e. The standard InChI is InChI=1S/C13H11FN2O/c14-11-3-1-10(2-4-11)12-7-16(9-15-12)13(8-17)5-6-13/h1-4,7-9H,5-6H2. The first-order valence-electron chi connectivity index (χ1n) is 5.50. The maximum atomic E-state index is 12.8. The van der Waals surface area contributed by atoms with Gasteiger partial charge in [-0.05, 0) is 37.1 Å². The summed E-state index contributed by atoms with van der Waals surface area (Å²) in [5.41, 5.74) is 1.25. The van der Waals surface area contributed by atoms with Gasteiger partial charge < -0.3 is 9.36 Å². The number of carbonyl (C=O) groups excluding carboxylic acids is 1. The molecule has 17 heavy (non-hydrogen) atoms. The number of aromatic nitrogens is 2. The summed E-state index contributed by atoms with van der Waals surface area (Å²) >= 11 is 0. The van der Waals surface area contributed by atoms with E-state index in [1.165, 1.54) is 12.1 Å². The van der Waals surface area contributed by atoms with Crippen LogP contribution in [0.3, 0.4) is 0 Å². The number of benzene rings is 1. The van der Waals surface area contributed by atoms with Crippen LogP contribution in [-0.4, -0.2) is 15.8 Å². The normalized spacial score (nSPS) is 16.8. The highest BCUT2D eigenvalue weighted by Crippen LogP contribution is 2.41. The minimum Gasteiger partial charge on any atom is -0.324 e. The van der Waals surface area contributed by atoms with E-state index < -0.39 is 0 Å². The minimum absolute atomic E-state index is 0.264. The van der Waals surface area contributed by atoms with Gasteiger partial charge in [0.25, 0.3) is 0 Å². The van der Waals surface area contributed by atoms with Gasteiger partial charge in [-0.1, -0.05) is 0 Å². The molecule has 0 unspecified atom stereocenters. The van der Waals surface area contributed by atoms with E-state index in [4.69, 9.17) is 0 Å². The second kappa shape index (κ2) is 3.52. The van der Waals surface area contributed by atoms with Crippen LogP contribution < -0.4 is 0 Å². The molecule has 4 heteroatoms. The lowest BCUT2D eigenvalue weighted by Crippen LogP contribution is -2.16. The van der Waals surface area contributed by atoms with Gasteiger partial charge in [0.05, 0.1) is 12.0 Å². The number of hydrogen-bond acceptors (Lipinski definition) is 2. The van der Waals surface area contributed by atoms with E-state index in [-0.39, 0.29) is 11.4 Å². The van der Waals surface area contributed by atoms with Crippen LogP contribution >= 0.6 is 0 Å². The molecule has 0 radical (unpaired) electrons. The Balaban J connectivity index is 1.95. The van der Waals surface area contributed by atoms with Gasteiger partial charge in [0, 0.05) is 11.8 Å². The summed E-state index contributed by atoms with van der Waals surface area (Å²) in [5.74, 6) is -0.264. The van der Waals surface area contributed by atoms with Crippen LogP contribution in [0, 0.1) is 5.82 Å². The van der Waals surface area contributed by atoms with Crippen LogP contribution in [0.25, 0.3) is 11.3 Å². The molecule has 1 aliphatic rings. The van der Waals surface area contributed by atoms with Crippen molar-refractivity contribution in [3.8, 4) is 11.3 Å². The quantitative estimate of drug-likeness (QED) is 0.759. The van der Waals surface area contributed by atoms with Gasteiger partial charge in [0.2, 0.25) is 0 Å². The van der Waals surface area contributed by atoms with E-state index in [9.17, 15) is 9.18 Å². The lowest BCUT2D eigenvalue weighted by Gasteiger charge is -2.06. The SMILES string of the molecule is O=CC1(n2cnc(-c3ccc(F)cc3)c2)CC1. The van der Waals surface area contributed by atoms with E-state index in [0.29, 0.717) is 0 Å². The molecule has 1 aliphatic carbocycles. The third-order valence-corrected chi connectivity index (χ3v) is 3.22. The molecule has 1 fully saturated rings. The van der Waals surface area contributed by atoms with Crippen molar-refractivity contribution in [2.75, 3.05) is 0 Å². The van der Waals surface area contributed by atoms with Crippen molar-refractivity contribution in [3.63, 3.8) is 0 Å². The Bertz CT molecular complexity index is 555.